The minimum absolute atomic E-state index is 0.182. The Kier molecular flexibility index (Phi) is 7.04. The number of amides is 1. The second kappa shape index (κ2) is 10.5. The van der Waals surface area contributed by atoms with Crippen molar-refractivity contribution in [2.45, 2.75) is 6.92 Å². The average molecular weight is 451 g/mol. The standard InChI is InChI=1S/C29H26N2O3/c1-21-9-11-22(12-10-21)28(30-24-13-17-26(33-2)18-14-24)31(25-15-19-27(34-3)20-16-25)29(32)23-7-5-4-6-8-23/h4-20H,1-3H3. The molecule has 1 amide bonds. The highest BCUT2D eigenvalue weighted by atomic mass is 16.5. The lowest BCUT2D eigenvalue weighted by Crippen LogP contribution is -2.37. The fourth-order valence-electron chi connectivity index (χ4n) is 3.50. The van der Waals surface area contributed by atoms with Gasteiger partial charge in [-0.25, -0.2) is 4.99 Å². The van der Waals surface area contributed by atoms with Crippen LogP contribution in [0.2, 0.25) is 0 Å². The fourth-order valence-corrected chi connectivity index (χ4v) is 3.50. The zero-order chi connectivity index (χ0) is 23.9. The maximum Gasteiger partial charge on any atom is 0.264 e. The first-order chi connectivity index (χ1) is 16.6. The van der Waals surface area contributed by atoms with Gasteiger partial charge in [-0.1, -0.05) is 48.0 Å². The van der Waals surface area contributed by atoms with Gasteiger partial charge in [0.05, 0.1) is 25.6 Å². The van der Waals surface area contributed by atoms with Crippen molar-refractivity contribution in [3.05, 3.63) is 120 Å². The molecule has 0 fully saturated rings. The summed E-state index contributed by atoms with van der Waals surface area (Å²) in [4.78, 5) is 20.4. The number of ether oxygens (including phenoxy) is 2. The molecule has 4 aromatic carbocycles. The van der Waals surface area contributed by atoms with Crippen molar-refractivity contribution in [2.24, 2.45) is 4.99 Å². The Morgan fingerprint density at radius 3 is 1.79 bits per heavy atom. The maximum absolute atomic E-state index is 13.9. The second-order valence-corrected chi connectivity index (χ2v) is 7.70. The van der Waals surface area contributed by atoms with Crippen LogP contribution in [0.15, 0.2) is 108 Å². The molecule has 4 rings (SSSR count). The number of methoxy groups -OCH3 is 2. The summed E-state index contributed by atoms with van der Waals surface area (Å²) in [6, 6.07) is 32.0. The van der Waals surface area contributed by atoms with E-state index >= 15 is 0 Å². The molecule has 0 saturated heterocycles. The van der Waals surface area contributed by atoms with Crippen LogP contribution in [0.4, 0.5) is 11.4 Å². The number of hydrogen-bond donors (Lipinski definition) is 0. The van der Waals surface area contributed by atoms with E-state index < -0.39 is 0 Å². The molecule has 4 aromatic rings. The van der Waals surface area contributed by atoms with E-state index in [0.29, 0.717) is 28.5 Å². The zero-order valence-corrected chi connectivity index (χ0v) is 19.4. The summed E-state index contributed by atoms with van der Waals surface area (Å²) in [6.07, 6.45) is 0. The van der Waals surface area contributed by atoms with E-state index in [1.54, 1.807) is 31.3 Å². The minimum Gasteiger partial charge on any atom is -0.497 e. The molecule has 0 aliphatic carbocycles. The third-order valence-corrected chi connectivity index (χ3v) is 5.38. The summed E-state index contributed by atoms with van der Waals surface area (Å²) in [5, 5.41) is 0. The van der Waals surface area contributed by atoms with E-state index in [0.717, 1.165) is 16.9 Å². The Morgan fingerprint density at radius 2 is 1.24 bits per heavy atom. The Labute approximate surface area is 199 Å². The van der Waals surface area contributed by atoms with Gasteiger partial charge in [0.2, 0.25) is 0 Å². The van der Waals surface area contributed by atoms with Crippen molar-refractivity contribution >= 4 is 23.1 Å². The van der Waals surface area contributed by atoms with Gasteiger partial charge in [-0.2, -0.15) is 0 Å². The molecule has 0 radical (unpaired) electrons. The molecule has 0 N–H and O–H groups in total. The molecular formula is C29H26N2O3. The molecule has 0 aliphatic heterocycles. The zero-order valence-electron chi connectivity index (χ0n) is 19.4. The molecule has 170 valence electrons. The predicted molar refractivity (Wildman–Crippen MR) is 137 cm³/mol. The SMILES string of the molecule is COc1ccc(N=C(c2ccc(C)cc2)N(C(=O)c2ccccc2)c2ccc(OC)cc2)cc1. The maximum atomic E-state index is 13.9. The number of aliphatic imine (C=N–C) groups is 1. The summed E-state index contributed by atoms with van der Waals surface area (Å²) >= 11 is 0. The Balaban J connectivity index is 1.91. The van der Waals surface area contributed by atoms with Gasteiger partial charge in [-0.15, -0.1) is 0 Å². The molecule has 0 spiro atoms. The third-order valence-electron chi connectivity index (χ3n) is 5.38. The minimum atomic E-state index is -0.182. The molecule has 0 bridgehead atoms. The molecular weight excluding hydrogens is 424 g/mol. The fraction of sp³-hybridized carbons (Fsp3) is 0.103. The van der Waals surface area contributed by atoms with E-state index in [1.807, 2.05) is 97.9 Å². The number of hydrogen-bond acceptors (Lipinski definition) is 4. The largest absolute Gasteiger partial charge is 0.497 e. The normalized spacial score (nSPS) is 11.1. The molecule has 5 heteroatoms. The quantitative estimate of drug-likeness (QED) is 0.251. The van der Waals surface area contributed by atoms with Gasteiger partial charge in [-0.05, 0) is 67.6 Å². The molecule has 0 heterocycles. The van der Waals surface area contributed by atoms with Crippen LogP contribution in [0.5, 0.6) is 11.5 Å². The first-order valence-corrected chi connectivity index (χ1v) is 10.9. The van der Waals surface area contributed by atoms with Gasteiger partial charge in [0.25, 0.3) is 5.91 Å². The van der Waals surface area contributed by atoms with Crippen molar-refractivity contribution in [1.82, 2.24) is 0 Å². The second-order valence-electron chi connectivity index (χ2n) is 7.70. The molecule has 0 unspecified atom stereocenters. The van der Waals surface area contributed by atoms with Crippen molar-refractivity contribution in [3.63, 3.8) is 0 Å². The topological polar surface area (TPSA) is 51.1 Å². The first kappa shape index (κ1) is 22.8. The van der Waals surface area contributed by atoms with Crippen molar-refractivity contribution in [2.75, 3.05) is 19.1 Å². The van der Waals surface area contributed by atoms with Crippen LogP contribution in [-0.4, -0.2) is 26.0 Å². The van der Waals surface area contributed by atoms with E-state index in [-0.39, 0.29) is 5.91 Å². The number of aryl methyl sites for hydroxylation is 1. The van der Waals surface area contributed by atoms with Crippen LogP contribution in [0.3, 0.4) is 0 Å². The van der Waals surface area contributed by atoms with E-state index in [1.165, 1.54) is 0 Å². The highest BCUT2D eigenvalue weighted by Crippen LogP contribution is 2.27. The van der Waals surface area contributed by atoms with Crippen LogP contribution in [0, 0.1) is 6.92 Å². The van der Waals surface area contributed by atoms with E-state index in [4.69, 9.17) is 14.5 Å². The lowest BCUT2D eigenvalue weighted by molar-refractivity contribution is 0.100. The first-order valence-electron chi connectivity index (χ1n) is 10.9. The summed E-state index contributed by atoms with van der Waals surface area (Å²) in [5.74, 6) is 1.78. The summed E-state index contributed by atoms with van der Waals surface area (Å²) in [7, 11) is 3.24. The average Bonchev–Trinajstić information content (AvgIpc) is 2.90. The van der Waals surface area contributed by atoms with Gasteiger partial charge in [0.15, 0.2) is 0 Å². The lowest BCUT2D eigenvalue weighted by atomic mass is 10.1. The van der Waals surface area contributed by atoms with Gasteiger partial charge >= 0.3 is 0 Å². The number of nitrogens with zero attached hydrogens (tertiary/aromatic N) is 2. The molecule has 34 heavy (non-hydrogen) atoms. The van der Waals surface area contributed by atoms with Crippen molar-refractivity contribution < 1.29 is 14.3 Å². The van der Waals surface area contributed by atoms with Gasteiger partial charge in [-0.3, -0.25) is 9.69 Å². The summed E-state index contributed by atoms with van der Waals surface area (Å²) in [6.45, 7) is 2.03. The number of amidine groups is 1. The van der Waals surface area contributed by atoms with Crippen LogP contribution >= 0.6 is 0 Å². The molecule has 0 saturated carbocycles. The highest BCUT2D eigenvalue weighted by Gasteiger charge is 2.25. The monoisotopic (exact) mass is 450 g/mol. The number of carbonyl (C=O) groups is 1. The number of anilines is 1. The van der Waals surface area contributed by atoms with Crippen LogP contribution in [-0.2, 0) is 0 Å². The molecule has 0 aromatic heterocycles. The van der Waals surface area contributed by atoms with Crippen molar-refractivity contribution in [3.8, 4) is 11.5 Å². The Hall–Kier alpha value is -4.38. The van der Waals surface area contributed by atoms with Crippen molar-refractivity contribution in [1.29, 1.82) is 0 Å². The van der Waals surface area contributed by atoms with Crippen LogP contribution in [0.25, 0.3) is 0 Å². The third kappa shape index (κ3) is 5.15. The Bertz CT molecular complexity index is 1260. The van der Waals surface area contributed by atoms with Crippen LogP contribution in [0.1, 0.15) is 21.5 Å². The predicted octanol–water partition coefficient (Wildman–Crippen LogP) is 6.44. The number of carbonyl (C=O) groups excluding carboxylic acids is 1. The van der Waals surface area contributed by atoms with Crippen LogP contribution < -0.4 is 14.4 Å². The van der Waals surface area contributed by atoms with Gasteiger partial charge < -0.3 is 9.47 Å². The van der Waals surface area contributed by atoms with Gasteiger partial charge in [0, 0.05) is 11.1 Å². The smallest absolute Gasteiger partial charge is 0.264 e. The lowest BCUT2D eigenvalue weighted by Gasteiger charge is -2.25. The molecule has 0 aliphatic rings. The Morgan fingerprint density at radius 1 is 0.676 bits per heavy atom. The van der Waals surface area contributed by atoms with E-state index in [2.05, 4.69) is 0 Å². The summed E-state index contributed by atoms with van der Waals surface area (Å²) < 4.78 is 10.6. The summed E-state index contributed by atoms with van der Waals surface area (Å²) in [5.41, 5.74) is 3.89. The molecule has 5 nitrogen and oxygen atoms in total. The highest BCUT2D eigenvalue weighted by molar-refractivity contribution is 6.28. The van der Waals surface area contributed by atoms with E-state index in [9.17, 15) is 4.79 Å². The number of benzene rings is 4. The van der Waals surface area contributed by atoms with Gasteiger partial charge in [0.1, 0.15) is 17.3 Å². The number of rotatable bonds is 6. The molecule has 0 atom stereocenters.